The number of carbonyl (C=O) groups is 6. The number of amides is 1. The normalized spacial score (nSPS) is 14.1. The zero-order valence-corrected chi connectivity index (χ0v) is 88.1. The Morgan fingerprint density at radius 1 is 0.451 bits per heavy atom. The molecule has 0 aliphatic heterocycles. The van der Waals surface area contributed by atoms with Crippen LogP contribution >= 0.6 is 72.6 Å². The maximum Gasteiger partial charge on any atom is 0.350 e. The van der Waals surface area contributed by atoms with Crippen molar-refractivity contribution < 1.29 is 71.5 Å². The molecule has 0 saturated heterocycles. The number of nitrogens with one attached hydrogen (secondary N) is 3. The molecule has 35 heteroatoms. The molecule has 27 nitrogen and oxygen atoms in total. The Balaban J connectivity index is 0.000000285. The third kappa shape index (κ3) is 36.4. The summed E-state index contributed by atoms with van der Waals surface area (Å²) >= 11 is 10.3. The molecule has 5 aromatic heterocycles. The van der Waals surface area contributed by atoms with E-state index in [0.717, 1.165) is 88.0 Å². The molecule has 1 fully saturated rings. The lowest BCUT2D eigenvalue weighted by atomic mass is 9.82. The minimum Gasteiger partial charge on any atom is -0.465 e. The molecule has 9 N–H and O–H groups in total. The van der Waals surface area contributed by atoms with E-state index in [1.165, 1.54) is 92.2 Å². The zero-order valence-electron chi connectivity index (χ0n) is 80.4. The van der Waals surface area contributed by atoms with E-state index in [4.69, 9.17) is 65.3 Å². The first-order valence-corrected chi connectivity index (χ1v) is 54.4. The lowest BCUT2D eigenvalue weighted by molar-refractivity contribution is -0.124. The van der Waals surface area contributed by atoms with Gasteiger partial charge in [0.25, 0.3) is 0 Å². The number of anilines is 4. The summed E-state index contributed by atoms with van der Waals surface area (Å²) in [7, 11) is 3.51. The van der Waals surface area contributed by atoms with Crippen molar-refractivity contribution >= 4 is 148 Å². The minimum atomic E-state index is -1.80. The van der Waals surface area contributed by atoms with Gasteiger partial charge in [-0.15, -0.1) is 56.7 Å². The molecule has 10 aromatic rings. The number of esters is 5. The van der Waals surface area contributed by atoms with Gasteiger partial charge in [0.15, 0.2) is 16.6 Å². The molecule has 0 bridgehead atoms. The van der Waals surface area contributed by atoms with Crippen molar-refractivity contribution in [1.29, 1.82) is 0 Å². The van der Waals surface area contributed by atoms with E-state index in [1.807, 2.05) is 210 Å². The van der Waals surface area contributed by atoms with E-state index in [9.17, 15) is 28.8 Å². The molecule has 720 valence electrons. The fourth-order valence-corrected chi connectivity index (χ4v) is 20.2. The number of hydrogen-bond acceptors (Lipinski definition) is 27. The fourth-order valence-electron chi connectivity index (χ4n) is 12.1. The van der Waals surface area contributed by atoms with Gasteiger partial charge < -0.3 is 75.1 Å². The average Bonchev–Trinajstić information content (AvgIpc) is 1.64. The van der Waals surface area contributed by atoms with Crippen LogP contribution < -0.4 is 32.3 Å². The van der Waals surface area contributed by atoms with Crippen molar-refractivity contribution in [2.24, 2.45) is 33.5 Å². The Kier molecular flexibility index (Phi) is 48.2. The van der Waals surface area contributed by atoms with E-state index < -0.39 is 22.6 Å². The Morgan fingerprint density at radius 2 is 0.752 bits per heavy atom. The molecule has 0 radical (unpaired) electrons. The van der Waals surface area contributed by atoms with E-state index >= 15 is 0 Å². The summed E-state index contributed by atoms with van der Waals surface area (Å²) in [4.78, 5) is 88.5. The highest BCUT2D eigenvalue weighted by molar-refractivity contribution is 9.10. The number of benzene rings is 5. The monoisotopic (exact) mass is 2010 g/mol. The first kappa shape index (κ1) is 114. The Bertz CT molecular complexity index is 5340. The molecule has 0 spiro atoms. The number of rotatable bonds is 31. The maximum absolute atomic E-state index is 13.7. The van der Waals surface area contributed by atoms with Gasteiger partial charge in [-0.2, -0.15) is 0 Å². The van der Waals surface area contributed by atoms with E-state index in [1.54, 1.807) is 11.8 Å². The Hall–Kier alpha value is -9.89. The number of halogens is 1. The number of nitrogens with two attached hydrogens (primary N) is 2. The molecule has 1 amide bonds. The van der Waals surface area contributed by atoms with Crippen LogP contribution in [0.1, 0.15) is 164 Å². The smallest absolute Gasteiger partial charge is 0.350 e. The topological polar surface area (TPSA) is 396 Å². The second kappa shape index (κ2) is 56.5. The number of nitrogens with zero attached hydrogens (tertiary/aromatic N) is 7. The standard InChI is InChI=1S/C23H28N4O3S.C21H31NO3SSi.C15H16N4O2S.C15H17NO3S.C12H9BrO2S.C9H23NOSi.C3H9NO/c1-15-9-11-18(12-10-15)22(28)27(16(2)14-25-26-24)19-13-20(17-7-5-4-6-8-17)31-21(19)23(29)30-3;1-15(14-25-27(6,7)21(2,3)4)22-17-13-18(16-11-9-8-10-12-16)26-19(17)20(23)24-5;1-10(9-17-19-16)18-12-8-13(11-6-4-3-5-7-11)22-14(12)15(20)21-2;1-10(9-17)16-12-8-13(11-6-4-3-5-7-11)20-14(12)15(18)19-2;1-15-12(14)11-9(13)7-10(16-11)8-5-3-2-4-6-8;1-8(10)7-11-12(5,6)9(2,3)4;1-3(4)2-5/h4-8,13,15-16,18H,9-12,14H2,1-3H3;8-13,15,22H,14H2,1-7H3;3-8,10,18H,9H2,1-2H3;3-8,10,16-17H,9H2,1-2H3;2-7H,1H3;8H,7,10H2,1-6H3;3,5H,2,4H2,1H3. The van der Waals surface area contributed by atoms with Crippen molar-refractivity contribution in [3.05, 3.63) is 232 Å². The number of thiophene rings is 5. The van der Waals surface area contributed by atoms with Crippen molar-refractivity contribution in [3.8, 4) is 52.2 Å². The van der Waals surface area contributed by atoms with Crippen molar-refractivity contribution in [3.63, 3.8) is 0 Å². The van der Waals surface area contributed by atoms with Crippen molar-refractivity contribution in [1.82, 2.24) is 0 Å². The largest absolute Gasteiger partial charge is 0.465 e. The highest BCUT2D eigenvalue weighted by atomic mass is 79.9. The van der Waals surface area contributed by atoms with Crippen LogP contribution in [0.2, 0.25) is 36.3 Å². The van der Waals surface area contributed by atoms with Gasteiger partial charge in [0.05, 0.1) is 78.1 Å². The second-order valence-electron chi connectivity index (χ2n) is 34.9. The molecule has 6 atom stereocenters. The lowest BCUT2D eigenvalue weighted by Gasteiger charge is -2.37. The van der Waals surface area contributed by atoms with E-state index in [-0.39, 0.29) is 96.8 Å². The minimum absolute atomic E-state index is 0.00285. The van der Waals surface area contributed by atoms with E-state index in [2.05, 4.69) is 134 Å². The van der Waals surface area contributed by atoms with Gasteiger partial charge in [-0.1, -0.05) is 210 Å². The summed E-state index contributed by atoms with van der Waals surface area (Å²) in [5.41, 5.74) is 35.8. The van der Waals surface area contributed by atoms with Crippen LogP contribution in [0.3, 0.4) is 0 Å². The van der Waals surface area contributed by atoms with Crippen LogP contribution in [0.5, 0.6) is 0 Å². The predicted octanol–water partition coefficient (Wildman–Crippen LogP) is 25.0. The molecular weight excluding hydrogens is 1880 g/mol. The van der Waals surface area contributed by atoms with Crippen LogP contribution in [0.25, 0.3) is 73.1 Å². The summed E-state index contributed by atoms with van der Waals surface area (Å²) in [5, 5.41) is 34.6. The van der Waals surface area contributed by atoms with Gasteiger partial charge in [0.1, 0.15) is 24.4 Å². The van der Waals surface area contributed by atoms with Gasteiger partial charge >= 0.3 is 29.8 Å². The van der Waals surface area contributed by atoms with Gasteiger partial charge in [-0.05, 0) is 195 Å². The first-order chi connectivity index (χ1) is 63.0. The number of aliphatic hydroxyl groups is 2. The highest BCUT2D eigenvalue weighted by Crippen LogP contribution is 2.44. The summed E-state index contributed by atoms with van der Waals surface area (Å²) < 4.78 is 37.3. The molecule has 5 aromatic carbocycles. The molecule has 5 heterocycles. The van der Waals surface area contributed by atoms with Gasteiger partial charge in [-0.3, -0.25) is 4.79 Å². The lowest BCUT2D eigenvalue weighted by Crippen LogP contribution is -2.45. The van der Waals surface area contributed by atoms with Crippen LogP contribution in [-0.2, 0) is 37.3 Å². The molecule has 6 unspecified atom stereocenters. The van der Waals surface area contributed by atoms with Gasteiger partial charge in [0.2, 0.25) is 5.91 Å². The Morgan fingerprint density at radius 3 is 1.08 bits per heavy atom. The van der Waals surface area contributed by atoms with Crippen LogP contribution in [-0.4, -0.2) is 174 Å². The summed E-state index contributed by atoms with van der Waals surface area (Å²) in [6.07, 6.45) is 3.68. The van der Waals surface area contributed by atoms with Crippen LogP contribution in [0.4, 0.5) is 22.7 Å². The highest BCUT2D eigenvalue weighted by Gasteiger charge is 2.40. The zero-order chi connectivity index (χ0) is 98.9. The molecule has 1 aliphatic rings. The second-order valence-corrected chi connectivity index (χ2v) is 50.6. The van der Waals surface area contributed by atoms with Crippen molar-refractivity contribution in [2.45, 2.75) is 188 Å². The summed E-state index contributed by atoms with van der Waals surface area (Å²) in [5.74, 6) is -1.36. The third-order valence-electron chi connectivity index (χ3n) is 21.7. The molecule has 133 heavy (non-hydrogen) atoms. The van der Waals surface area contributed by atoms with Crippen LogP contribution in [0.15, 0.2) is 197 Å². The fraction of sp³-hybridized carbons (Fsp3) is 0.429. The van der Waals surface area contributed by atoms with Crippen molar-refractivity contribution in [2.75, 3.05) is 95.9 Å². The SMILES string of the molecule is CC(N)CO.CC(N)CO[Si](C)(C)C(C)(C)C.COC(=O)c1sc(-c2ccccc2)cc1Br.COC(=O)c1sc(-c2ccccc2)cc1N(C(=O)C1CCC(C)CC1)C(C)CN=[N+]=[N-].COC(=O)c1sc(-c2ccccc2)cc1NC(C)CN=[N+]=[N-].COC(=O)c1sc(-c2ccccc2)cc1NC(C)CO.COC(=O)c1sc(-c2ccccc2)cc1NC(C)CO[Si](C)(C)C(C)(C)C. The number of ether oxygens (including phenoxy) is 5. The number of azide groups is 2. The Labute approximate surface area is 814 Å². The third-order valence-corrected chi connectivity index (χ3v) is 37.4. The molecule has 11 rings (SSSR count). The summed E-state index contributed by atoms with van der Waals surface area (Å²) in [6, 6.07) is 58.6. The first-order valence-electron chi connectivity index (χ1n) is 43.7. The predicted molar refractivity (Wildman–Crippen MR) is 556 cm³/mol. The number of carbonyl (C=O) groups excluding carboxylic acids is 6. The molecule has 1 aliphatic carbocycles. The number of aliphatic hydroxyl groups excluding tert-OH is 2. The quantitative estimate of drug-likeness (QED) is 0.00530. The van der Waals surface area contributed by atoms with Gasteiger partial charge in [0, 0.05) is 101 Å². The molecular formula is C98H133BrN12O15S5Si2. The summed E-state index contributed by atoms with van der Waals surface area (Å²) in [6.45, 7) is 37.8. The van der Waals surface area contributed by atoms with E-state index in [0.29, 0.717) is 72.2 Å². The maximum atomic E-state index is 13.7. The average molecular weight is 2020 g/mol. The van der Waals surface area contributed by atoms with Gasteiger partial charge in [-0.25, -0.2) is 24.0 Å². The van der Waals surface area contributed by atoms with Crippen LogP contribution in [0, 0.1) is 11.8 Å². The number of methoxy groups -OCH3 is 5. The number of hydrogen-bond donors (Lipinski definition) is 7. The molecule has 1 saturated carbocycles.